The van der Waals surface area contributed by atoms with Crippen LogP contribution >= 0.6 is 11.8 Å². The molecule has 1 N–H and O–H groups in total. The molecule has 0 amide bonds. The Bertz CT molecular complexity index is 566. The Balaban J connectivity index is 2.08. The SMILES string of the molecule is CSCCCCCn1cnc2c(C(=O)O)cccc21. The van der Waals surface area contributed by atoms with Crippen molar-refractivity contribution in [2.45, 2.75) is 25.8 Å². The van der Waals surface area contributed by atoms with Gasteiger partial charge in [0.05, 0.1) is 17.4 Å². The zero-order valence-electron chi connectivity index (χ0n) is 11.0. The van der Waals surface area contributed by atoms with Crippen molar-refractivity contribution >= 4 is 28.8 Å². The maximum Gasteiger partial charge on any atom is 0.337 e. The first-order valence-corrected chi connectivity index (χ1v) is 7.79. The number of nitrogens with zero attached hydrogens (tertiary/aromatic N) is 2. The van der Waals surface area contributed by atoms with Gasteiger partial charge < -0.3 is 9.67 Å². The molecule has 1 aromatic carbocycles. The minimum atomic E-state index is -0.921. The third-order valence-electron chi connectivity index (χ3n) is 3.13. The summed E-state index contributed by atoms with van der Waals surface area (Å²) in [4.78, 5) is 15.3. The van der Waals surface area contributed by atoms with Crippen molar-refractivity contribution in [2.75, 3.05) is 12.0 Å². The number of fused-ring (bicyclic) bond motifs is 1. The highest BCUT2D eigenvalue weighted by Gasteiger charge is 2.11. The van der Waals surface area contributed by atoms with E-state index < -0.39 is 5.97 Å². The molecule has 4 nitrogen and oxygen atoms in total. The van der Waals surface area contributed by atoms with Gasteiger partial charge in [0.15, 0.2) is 0 Å². The average Bonchev–Trinajstić information content (AvgIpc) is 2.81. The van der Waals surface area contributed by atoms with Gasteiger partial charge >= 0.3 is 5.97 Å². The van der Waals surface area contributed by atoms with Gasteiger partial charge in [0.25, 0.3) is 0 Å². The zero-order chi connectivity index (χ0) is 13.7. The standard InChI is InChI=1S/C14H18N2O2S/c1-19-9-4-2-3-8-16-10-15-13-11(14(17)18)6-5-7-12(13)16/h5-7,10H,2-4,8-9H2,1H3,(H,17,18). The smallest absolute Gasteiger partial charge is 0.337 e. The lowest BCUT2D eigenvalue weighted by atomic mass is 10.2. The molecule has 0 fully saturated rings. The molecule has 5 heteroatoms. The maximum absolute atomic E-state index is 11.1. The second kappa shape index (κ2) is 6.61. The molecular formula is C14H18N2O2S. The fraction of sp³-hybridized carbons (Fsp3) is 0.429. The van der Waals surface area contributed by atoms with E-state index in [4.69, 9.17) is 5.11 Å². The van der Waals surface area contributed by atoms with E-state index in [1.165, 1.54) is 18.6 Å². The fourth-order valence-electron chi connectivity index (χ4n) is 2.14. The first kappa shape index (κ1) is 13.9. The highest BCUT2D eigenvalue weighted by molar-refractivity contribution is 7.98. The van der Waals surface area contributed by atoms with Gasteiger partial charge in [-0.05, 0) is 37.0 Å². The molecule has 0 saturated carbocycles. The third kappa shape index (κ3) is 3.29. The van der Waals surface area contributed by atoms with Gasteiger partial charge in [-0.2, -0.15) is 11.8 Å². The first-order valence-electron chi connectivity index (χ1n) is 6.40. The van der Waals surface area contributed by atoms with Gasteiger partial charge in [-0.15, -0.1) is 0 Å². The van der Waals surface area contributed by atoms with Crippen LogP contribution in [0, 0.1) is 0 Å². The molecule has 19 heavy (non-hydrogen) atoms. The topological polar surface area (TPSA) is 55.1 Å². The summed E-state index contributed by atoms with van der Waals surface area (Å²) < 4.78 is 2.04. The molecule has 0 aliphatic heterocycles. The van der Waals surface area contributed by atoms with Crippen LogP contribution in [0.1, 0.15) is 29.6 Å². The highest BCUT2D eigenvalue weighted by Crippen LogP contribution is 2.18. The summed E-state index contributed by atoms with van der Waals surface area (Å²) >= 11 is 1.87. The molecule has 102 valence electrons. The zero-order valence-corrected chi connectivity index (χ0v) is 11.8. The predicted molar refractivity (Wildman–Crippen MR) is 78.9 cm³/mol. The number of aromatic carboxylic acids is 1. The molecule has 2 aromatic rings. The Labute approximate surface area is 116 Å². The second-order valence-electron chi connectivity index (χ2n) is 4.47. The largest absolute Gasteiger partial charge is 0.478 e. The monoisotopic (exact) mass is 278 g/mol. The van der Waals surface area contributed by atoms with E-state index in [9.17, 15) is 4.79 Å². The van der Waals surface area contributed by atoms with Crippen LogP contribution in [-0.2, 0) is 6.54 Å². The Morgan fingerprint density at radius 1 is 1.37 bits per heavy atom. The van der Waals surface area contributed by atoms with Crippen molar-refractivity contribution in [3.8, 4) is 0 Å². The van der Waals surface area contributed by atoms with Crippen LogP contribution < -0.4 is 0 Å². The number of aryl methyl sites for hydroxylation is 1. The van der Waals surface area contributed by atoms with Crippen LogP contribution in [0.2, 0.25) is 0 Å². The molecule has 0 aliphatic rings. The van der Waals surface area contributed by atoms with Crippen LogP contribution in [-0.4, -0.2) is 32.6 Å². The summed E-state index contributed by atoms with van der Waals surface area (Å²) in [5, 5.41) is 9.11. The number of thioether (sulfide) groups is 1. The normalized spacial score (nSPS) is 11.0. The van der Waals surface area contributed by atoms with E-state index >= 15 is 0 Å². The Kier molecular flexibility index (Phi) is 4.85. The van der Waals surface area contributed by atoms with Crippen LogP contribution in [0.3, 0.4) is 0 Å². The number of para-hydroxylation sites is 1. The summed E-state index contributed by atoms with van der Waals surface area (Å²) in [6.07, 6.45) is 7.39. The van der Waals surface area contributed by atoms with Gasteiger partial charge in [0.2, 0.25) is 0 Å². The quantitative estimate of drug-likeness (QED) is 0.790. The van der Waals surface area contributed by atoms with Crippen molar-refractivity contribution in [2.24, 2.45) is 0 Å². The molecule has 0 bridgehead atoms. The van der Waals surface area contributed by atoms with Crippen LogP contribution in [0.4, 0.5) is 0 Å². The molecular weight excluding hydrogens is 260 g/mol. The number of hydrogen-bond donors (Lipinski definition) is 1. The number of rotatable bonds is 7. The minimum Gasteiger partial charge on any atom is -0.478 e. The number of carboxylic acid groups (broad SMARTS) is 1. The molecule has 2 rings (SSSR count). The molecule has 0 unspecified atom stereocenters. The average molecular weight is 278 g/mol. The number of aromatic nitrogens is 2. The summed E-state index contributed by atoms with van der Waals surface area (Å²) in [7, 11) is 0. The second-order valence-corrected chi connectivity index (χ2v) is 5.46. The Morgan fingerprint density at radius 2 is 2.21 bits per heavy atom. The van der Waals surface area contributed by atoms with Crippen LogP contribution in [0.5, 0.6) is 0 Å². The molecule has 0 atom stereocenters. The van der Waals surface area contributed by atoms with E-state index in [1.54, 1.807) is 18.5 Å². The van der Waals surface area contributed by atoms with Crippen LogP contribution in [0.15, 0.2) is 24.5 Å². The number of hydrogen-bond acceptors (Lipinski definition) is 3. The van der Waals surface area contributed by atoms with E-state index in [0.29, 0.717) is 5.52 Å². The lowest BCUT2D eigenvalue weighted by Crippen LogP contribution is -1.99. The summed E-state index contributed by atoms with van der Waals surface area (Å²) in [6, 6.07) is 5.30. The first-order chi connectivity index (χ1) is 9.24. The lowest BCUT2D eigenvalue weighted by molar-refractivity contribution is 0.0699. The van der Waals surface area contributed by atoms with Crippen molar-refractivity contribution in [1.82, 2.24) is 9.55 Å². The van der Waals surface area contributed by atoms with Crippen molar-refractivity contribution in [1.29, 1.82) is 0 Å². The molecule has 0 aliphatic carbocycles. The van der Waals surface area contributed by atoms with Crippen molar-refractivity contribution < 1.29 is 9.90 Å². The molecule has 1 heterocycles. The maximum atomic E-state index is 11.1. The summed E-state index contributed by atoms with van der Waals surface area (Å²) in [5.74, 6) is 0.282. The van der Waals surface area contributed by atoms with Gasteiger partial charge in [0, 0.05) is 6.54 Å². The fourth-order valence-corrected chi connectivity index (χ4v) is 2.64. The van der Waals surface area contributed by atoms with Gasteiger partial charge in [-0.1, -0.05) is 12.5 Å². The summed E-state index contributed by atoms with van der Waals surface area (Å²) in [6.45, 7) is 0.897. The number of carbonyl (C=O) groups is 1. The Hall–Kier alpha value is -1.49. The van der Waals surface area contributed by atoms with Crippen molar-refractivity contribution in [3.05, 3.63) is 30.1 Å². The predicted octanol–water partition coefficient (Wildman–Crippen LogP) is 3.27. The third-order valence-corrected chi connectivity index (χ3v) is 3.83. The minimum absolute atomic E-state index is 0.277. The van der Waals surface area contributed by atoms with Crippen molar-refractivity contribution in [3.63, 3.8) is 0 Å². The summed E-state index contributed by atoms with van der Waals surface area (Å²) in [5.41, 5.74) is 1.77. The van der Waals surface area contributed by atoms with E-state index in [0.717, 1.165) is 18.5 Å². The molecule has 0 saturated heterocycles. The van der Waals surface area contributed by atoms with E-state index in [-0.39, 0.29) is 5.56 Å². The number of carboxylic acids is 1. The number of unbranched alkanes of at least 4 members (excludes halogenated alkanes) is 2. The molecule has 0 spiro atoms. The molecule has 1 aromatic heterocycles. The van der Waals surface area contributed by atoms with E-state index in [2.05, 4.69) is 11.2 Å². The Morgan fingerprint density at radius 3 is 2.95 bits per heavy atom. The van der Waals surface area contributed by atoms with Gasteiger partial charge in [-0.3, -0.25) is 0 Å². The lowest BCUT2D eigenvalue weighted by Gasteiger charge is -2.04. The van der Waals surface area contributed by atoms with E-state index in [1.807, 2.05) is 22.4 Å². The molecule has 0 radical (unpaired) electrons. The van der Waals surface area contributed by atoms with Gasteiger partial charge in [-0.25, -0.2) is 9.78 Å². The van der Waals surface area contributed by atoms with Gasteiger partial charge in [0.1, 0.15) is 5.52 Å². The van der Waals surface area contributed by atoms with Crippen LogP contribution in [0.25, 0.3) is 11.0 Å². The number of imidazole rings is 1. The number of benzene rings is 1. The highest BCUT2D eigenvalue weighted by atomic mass is 32.2.